The minimum absolute atomic E-state index is 1.00. The molecule has 0 aromatic rings. The summed E-state index contributed by atoms with van der Waals surface area (Å²) in [7, 11) is 0. The van der Waals surface area contributed by atoms with E-state index in [0.29, 0.717) is 0 Å². The van der Waals surface area contributed by atoms with E-state index >= 15 is 0 Å². The van der Waals surface area contributed by atoms with Crippen LogP contribution in [0.3, 0.4) is 0 Å². The zero-order valence-corrected chi connectivity index (χ0v) is 7.96. The first-order valence-electron chi connectivity index (χ1n) is 3.00. The molecule has 0 heterocycles. The predicted octanol–water partition coefficient (Wildman–Crippen LogP) is 2.19. The van der Waals surface area contributed by atoms with Crippen LogP contribution in [0.2, 0.25) is 0 Å². The predicted molar refractivity (Wildman–Crippen MR) is 45.4 cm³/mol. The van der Waals surface area contributed by atoms with Crippen LogP contribution in [0, 0.1) is 0 Å². The molecule has 0 saturated heterocycles. The van der Waals surface area contributed by atoms with E-state index in [2.05, 4.69) is 13.2 Å². The van der Waals surface area contributed by atoms with Crippen molar-refractivity contribution in [2.75, 3.05) is 0 Å². The van der Waals surface area contributed by atoms with Crippen molar-refractivity contribution in [3.8, 4) is 0 Å². The number of rotatable bonds is 5. The van der Waals surface area contributed by atoms with Crippen molar-refractivity contribution in [2.24, 2.45) is 0 Å². The molecular formula is C9H11ORu. The molecule has 0 radical (unpaired) electrons. The zero-order chi connectivity index (χ0) is 8.53. The van der Waals surface area contributed by atoms with Crippen LogP contribution in [0.4, 0.5) is 0 Å². The molecule has 2 heteroatoms. The van der Waals surface area contributed by atoms with Crippen molar-refractivity contribution in [1.82, 2.24) is 0 Å². The molecule has 0 fully saturated rings. The quantitative estimate of drug-likeness (QED) is 0.406. The van der Waals surface area contributed by atoms with E-state index < -0.39 is 16.0 Å². The van der Waals surface area contributed by atoms with Gasteiger partial charge in [-0.15, -0.1) is 0 Å². The fourth-order valence-electron chi connectivity index (χ4n) is 0.348. The molecule has 0 bridgehead atoms. The van der Waals surface area contributed by atoms with E-state index in [1.54, 1.807) is 24.3 Å². The summed E-state index contributed by atoms with van der Waals surface area (Å²) in [6.07, 6.45) is 6.96. The van der Waals surface area contributed by atoms with Crippen LogP contribution in [-0.2, 0) is 20.7 Å². The molecular weight excluding hydrogens is 225 g/mol. The topological polar surface area (TPSA) is 17.1 Å². The summed E-state index contributed by atoms with van der Waals surface area (Å²) in [5, 5.41) is 0. The van der Waals surface area contributed by atoms with E-state index in [4.69, 9.17) is 0 Å². The molecule has 0 atom stereocenters. The third-order valence-corrected chi connectivity index (χ3v) is 3.26. The Bertz CT molecular complexity index is 174. The van der Waals surface area contributed by atoms with Crippen molar-refractivity contribution in [3.05, 3.63) is 46.8 Å². The van der Waals surface area contributed by atoms with Gasteiger partial charge in [0.25, 0.3) is 0 Å². The average molecular weight is 236 g/mol. The Morgan fingerprint density at radius 3 is 1.73 bits per heavy atom. The second-order valence-electron chi connectivity index (χ2n) is 1.53. The van der Waals surface area contributed by atoms with E-state index in [0.717, 1.165) is 4.88 Å². The van der Waals surface area contributed by atoms with Crippen LogP contribution >= 0.6 is 0 Å². The summed E-state index contributed by atoms with van der Waals surface area (Å²) in [6.45, 7) is 7.05. The summed E-state index contributed by atoms with van der Waals surface area (Å²) in [5.41, 5.74) is 0. The maximum atomic E-state index is 10.4. The van der Waals surface area contributed by atoms with E-state index in [-0.39, 0.29) is 0 Å². The van der Waals surface area contributed by atoms with E-state index in [1.807, 2.05) is 9.34 Å². The van der Waals surface area contributed by atoms with Crippen molar-refractivity contribution in [1.29, 1.82) is 0 Å². The average Bonchev–Trinajstić information content (AvgIpc) is 2.05. The Morgan fingerprint density at radius 1 is 1.00 bits per heavy atom. The summed E-state index contributed by atoms with van der Waals surface area (Å²) in [4.78, 5) is 11.4. The Morgan fingerprint density at radius 2 is 1.45 bits per heavy atom. The minimum atomic E-state index is -1.47. The van der Waals surface area contributed by atoms with E-state index in [1.165, 1.54) is 0 Å². The summed E-state index contributed by atoms with van der Waals surface area (Å²) in [6, 6.07) is 0. The van der Waals surface area contributed by atoms with Gasteiger partial charge in [0.1, 0.15) is 0 Å². The van der Waals surface area contributed by atoms with Crippen molar-refractivity contribution in [3.63, 3.8) is 0 Å². The number of hydrogen-bond acceptors (Lipinski definition) is 1. The first kappa shape index (κ1) is 10.3. The molecule has 0 N–H and O–H groups in total. The number of carbonyl (C=O) groups is 1. The van der Waals surface area contributed by atoms with Crippen LogP contribution < -0.4 is 0 Å². The third kappa shape index (κ3) is 5.69. The van der Waals surface area contributed by atoms with Gasteiger partial charge in [0, 0.05) is 0 Å². The van der Waals surface area contributed by atoms with Crippen LogP contribution in [0.5, 0.6) is 0 Å². The fourth-order valence-corrected chi connectivity index (χ4v) is 2.06. The molecule has 0 aliphatic carbocycles. The van der Waals surface area contributed by atoms with E-state index in [9.17, 15) is 4.79 Å². The standard InChI is InChI=1S/2C4H5.CHO.Ru/c2*1-3-4-2;1-2;/h2*1,3-4H,2H2;1H;. The molecule has 0 aromatic carbocycles. The first-order valence-corrected chi connectivity index (χ1v) is 6.01. The molecule has 0 rings (SSSR count). The Hall–Kier alpha value is -0.747. The molecule has 11 heavy (non-hydrogen) atoms. The van der Waals surface area contributed by atoms with Gasteiger partial charge in [-0.2, -0.15) is 0 Å². The molecule has 0 aliphatic heterocycles. The molecule has 0 saturated carbocycles. The number of carbonyl (C=O) groups excluding carboxylic acids is 1. The van der Waals surface area contributed by atoms with Crippen LogP contribution in [0.15, 0.2) is 46.8 Å². The summed E-state index contributed by atoms with van der Waals surface area (Å²) in [5.74, 6) is 0. The Kier molecular flexibility index (Phi) is 6.86. The molecule has 0 unspecified atom stereocenters. The fraction of sp³-hybridized carbons (Fsp3) is 0. The normalized spacial score (nSPS) is 11.8. The molecule has 1 nitrogen and oxygen atoms in total. The van der Waals surface area contributed by atoms with Gasteiger partial charge in [0.15, 0.2) is 0 Å². The van der Waals surface area contributed by atoms with Gasteiger partial charge < -0.3 is 0 Å². The van der Waals surface area contributed by atoms with Gasteiger partial charge in [-0.3, -0.25) is 0 Å². The third-order valence-electron chi connectivity index (χ3n) is 0.777. The van der Waals surface area contributed by atoms with Gasteiger partial charge in [0.2, 0.25) is 0 Å². The number of allylic oxidation sites excluding steroid dienone is 4. The Labute approximate surface area is 72.7 Å². The molecule has 0 aromatic heterocycles. The van der Waals surface area contributed by atoms with Gasteiger partial charge in [-0.1, -0.05) is 0 Å². The van der Waals surface area contributed by atoms with Crippen LogP contribution in [0.25, 0.3) is 0 Å². The van der Waals surface area contributed by atoms with Gasteiger partial charge in [0.05, 0.1) is 0 Å². The van der Waals surface area contributed by atoms with Crippen LogP contribution in [-0.4, -0.2) is 4.88 Å². The second-order valence-corrected chi connectivity index (χ2v) is 4.84. The van der Waals surface area contributed by atoms with Crippen molar-refractivity contribution >= 4 is 4.88 Å². The molecule has 0 amide bonds. The molecule has 61 valence electrons. The maximum absolute atomic E-state index is 10.4. The molecule has 0 spiro atoms. The zero-order valence-electron chi connectivity index (χ0n) is 6.22. The second kappa shape index (κ2) is 7.36. The first-order chi connectivity index (χ1) is 5.35. The Balaban J connectivity index is 4.04. The summed E-state index contributed by atoms with van der Waals surface area (Å²) >= 11 is -1.47. The van der Waals surface area contributed by atoms with Crippen molar-refractivity contribution < 1.29 is 20.7 Å². The monoisotopic (exact) mass is 237 g/mol. The van der Waals surface area contributed by atoms with Crippen LogP contribution in [0.1, 0.15) is 0 Å². The van der Waals surface area contributed by atoms with Gasteiger partial charge in [-0.25, -0.2) is 0 Å². The summed E-state index contributed by atoms with van der Waals surface area (Å²) < 4.78 is 3.81. The SMILES string of the molecule is C=CC=[CH][Ru]([CH]=O)[CH]=CC=C. The van der Waals surface area contributed by atoms with Gasteiger partial charge in [-0.05, 0) is 0 Å². The molecule has 0 aliphatic rings. The van der Waals surface area contributed by atoms with Crippen molar-refractivity contribution in [2.45, 2.75) is 0 Å². The number of hydrogen-bond donors (Lipinski definition) is 0. The van der Waals surface area contributed by atoms with Gasteiger partial charge >= 0.3 is 72.4 Å².